The zero-order valence-electron chi connectivity index (χ0n) is 15.7. The second kappa shape index (κ2) is 9.26. The number of hydrogen-bond acceptors (Lipinski definition) is 7. The van der Waals surface area contributed by atoms with Crippen molar-refractivity contribution in [3.8, 4) is 11.6 Å². The lowest BCUT2D eigenvalue weighted by Gasteiger charge is -2.44. The highest BCUT2D eigenvalue weighted by atomic mass is 35.5. The molecule has 2 saturated heterocycles. The quantitative estimate of drug-likeness (QED) is 0.593. The summed E-state index contributed by atoms with van der Waals surface area (Å²) in [5.41, 5.74) is -0.0627. The molecule has 3 heterocycles. The SMILES string of the molecule is CSc1cc(Oc2cccc(F)c2)nc(N2CCC3(CC2)CNCCO3)n1.Cl. The summed E-state index contributed by atoms with van der Waals surface area (Å²) in [5.74, 6) is 1.15. The van der Waals surface area contributed by atoms with Crippen LogP contribution in [0.25, 0.3) is 0 Å². The third kappa shape index (κ3) is 4.86. The van der Waals surface area contributed by atoms with Crippen molar-refractivity contribution in [2.75, 3.05) is 43.9 Å². The Kier molecular flexibility index (Phi) is 6.98. The number of anilines is 1. The zero-order valence-corrected chi connectivity index (χ0v) is 17.3. The summed E-state index contributed by atoms with van der Waals surface area (Å²) in [5, 5.41) is 4.25. The summed E-state index contributed by atoms with van der Waals surface area (Å²) in [6, 6.07) is 7.83. The standard InChI is InChI=1S/C19H23FN4O2S.ClH/c1-27-17-12-16(26-15-4-2-3-14(20)11-15)22-18(23-17)24-8-5-19(6-9-24)13-21-7-10-25-19;/h2-4,11-12,21H,5-10,13H2,1H3;1H. The van der Waals surface area contributed by atoms with Crippen molar-refractivity contribution in [3.63, 3.8) is 0 Å². The van der Waals surface area contributed by atoms with Gasteiger partial charge in [-0.3, -0.25) is 0 Å². The first-order chi connectivity index (χ1) is 13.2. The fourth-order valence-corrected chi connectivity index (χ4v) is 3.88. The number of hydrogen-bond donors (Lipinski definition) is 1. The molecule has 0 radical (unpaired) electrons. The average molecular weight is 427 g/mol. The molecule has 1 spiro atoms. The number of nitrogens with zero attached hydrogens (tertiary/aromatic N) is 3. The van der Waals surface area contributed by atoms with Gasteiger partial charge in [-0.1, -0.05) is 6.07 Å². The second-order valence-corrected chi connectivity index (χ2v) is 7.63. The largest absolute Gasteiger partial charge is 0.439 e. The molecule has 1 aromatic carbocycles. The van der Waals surface area contributed by atoms with Crippen LogP contribution in [0.4, 0.5) is 10.3 Å². The Bertz CT molecular complexity index is 797. The first-order valence-electron chi connectivity index (χ1n) is 9.12. The summed E-state index contributed by atoms with van der Waals surface area (Å²) in [6.45, 7) is 4.26. The molecule has 0 unspecified atom stereocenters. The van der Waals surface area contributed by atoms with Crippen molar-refractivity contribution in [2.24, 2.45) is 0 Å². The number of thioether (sulfide) groups is 1. The van der Waals surface area contributed by atoms with Gasteiger partial charge >= 0.3 is 0 Å². The maximum atomic E-state index is 13.4. The van der Waals surface area contributed by atoms with Crippen LogP contribution >= 0.6 is 24.2 Å². The van der Waals surface area contributed by atoms with Crippen LogP contribution in [0.2, 0.25) is 0 Å². The highest BCUT2D eigenvalue weighted by Gasteiger charge is 2.37. The minimum absolute atomic E-state index is 0. The topological polar surface area (TPSA) is 59.5 Å². The first-order valence-corrected chi connectivity index (χ1v) is 10.3. The van der Waals surface area contributed by atoms with E-state index >= 15 is 0 Å². The van der Waals surface area contributed by atoms with Gasteiger partial charge in [-0.05, 0) is 31.2 Å². The number of rotatable bonds is 4. The van der Waals surface area contributed by atoms with Gasteiger partial charge in [0.2, 0.25) is 11.8 Å². The van der Waals surface area contributed by atoms with Gasteiger partial charge in [0.05, 0.1) is 12.2 Å². The monoisotopic (exact) mass is 426 g/mol. The van der Waals surface area contributed by atoms with Crippen LogP contribution in [0.3, 0.4) is 0 Å². The van der Waals surface area contributed by atoms with Crippen LogP contribution in [-0.4, -0.2) is 54.6 Å². The van der Waals surface area contributed by atoms with E-state index in [0.717, 1.165) is 50.7 Å². The minimum atomic E-state index is -0.339. The van der Waals surface area contributed by atoms with Gasteiger partial charge < -0.3 is 19.7 Å². The predicted molar refractivity (Wildman–Crippen MR) is 111 cm³/mol. The van der Waals surface area contributed by atoms with Gasteiger partial charge in [-0.2, -0.15) is 4.98 Å². The lowest BCUT2D eigenvalue weighted by atomic mass is 9.90. The van der Waals surface area contributed by atoms with E-state index in [1.807, 2.05) is 6.26 Å². The van der Waals surface area contributed by atoms with Crippen molar-refractivity contribution >= 4 is 30.1 Å². The molecule has 0 atom stereocenters. The Hall–Kier alpha value is -1.61. The van der Waals surface area contributed by atoms with Crippen LogP contribution in [0.1, 0.15) is 12.8 Å². The number of morpholine rings is 1. The van der Waals surface area contributed by atoms with Crippen LogP contribution < -0.4 is 15.0 Å². The van der Waals surface area contributed by atoms with E-state index in [1.54, 1.807) is 18.2 Å². The summed E-state index contributed by atoms with van der Waals surface area (Å²) in [7, 11) is 0. The fraction of sp³-hybridized carbons (Fsp3) is 0.474. The smallest absolute Gasteiger partial charge is 0.229 e. The van der Waals surface area contributed by atoms with Gasteiger partial charge in [0.15, 0.2) is 0 Å². The second-order valence-electron chi connectivity index (χ2n) is 6.80. The lowest BCUT2D eigenvalue weighted by molar-refractivity contribution is -0.0801. The Labute approximate surface area is 174 Å². The van der Waals surface area contributed by atoms with Crippen molar-refractivity contribution < 1.29 is 13.9 Å². The van der Waals surface area contributed by atoms with Crippen LogP contribution in [0.15, 0.2) is 35.4 Å². The van der Waals surface area contributed by atoms with E-state index in [2.05, 4.69) is 20.2 Å². The van der Waals surface area contributed by atoms with E-state index in [0.29, 0.717) is 17.6 Å². The van der Waals surface area contributed by atoms with Crippen LogP contribution in [-0.2, 0) is 4.74 Å². The normalized spacial score (nSPS) is 18.6. The van der Waals surface area contributed by atoms with Crippen LogP contribution in [0.5, 0.6) is 11.6 Å². The molecule has 152 valence electrons. The molecule has 6 nitrogen and oxygen atoms in total. The molecule has 0 saturated carbocycles. The van der Waals surface area contributed by atoms with Crippen molar-refractivity contribution in [3.05, 3.63) is 36.1 Å². The zero-order chi connectivity index (χ0) is 18.7. The summed E-state index contributed by atoms with van der Waals surface area (Å²) in [4.78, 5) is 11.4. The number of nitrogens with one attached hydrogen (secondary N) is 1. The highest BCUT2D eigenvalue weighted by molar-refractivity contribution is 7.98. The molecular weight excluding hydrogens is 403 g/mol. The van der Waals surface area contributed by atoms with Gasteiger partial charge in [-0.15, -0.1) is 24.2 Å². The molecular formula is C19H24ClFN4O2S. The first kappa shape index (κ1) is 21.1. The van der Waals surface area contributed by atoms with E-state index in [4.69, 9.17) is 9.47 Å². The van der Waals surface area contributed by atoms with E-state index < -0.39 is 0 Å². The van der Waals surface area contributed by atoms with Crippen molar-refractivity contribution in [1.82, 2.24) is 15.3 Å². The Morgan fingerprint density at radius 1 is 1.25 bits per heavy atom. The number of ether oxygens (including phenoxy) is 2. The average Bonchev–Trinajstić information content (AvgIpc) is 2.69. The predicted octanol–water partition coefficient (Wildman–Crippen LogP) is 3.51. The number of piperidine rings is 1. The molecule has 0 bridgehead atoms. The van der Waals surface area contributed by atoms with Crippen LogP contribution in [0, 0.1) is 5.82 Å². The molecule has 4 rings (SSSR count). The molecule has 28 heavy (non-hydrogen) atoms. The van der Waals surface area contributed by atoms with E-state index in [1.165, 1.54) is 23.9 Å². The minimum Gasteiger partial charge on any atom is -0.439 e. The highest BCUT2D eigenvalue weighted by Crippen LogP contribution is 2.31. The molecule has 2 aliphatic heterocycles. The maximum absolute atomic E-state index is 13.4. The summed E-state index contributed by atoms with van der Waals surface area (Å²) in [6.07, 6.45) is 3.84. The van der Waals surface area contributed by atoms with Gasteiger partial charge in [-0.25, -0.2) is 9.37 Å². The molecule has 1 N–H and O–H groups in total. The Balaban J connectivity index is 0.00000225. The molecule has 9 heteroatoms. The van der Waals surface area contributed by atoms with Crippen molar-refractivity contribution in [2.45, 2.75) is 23.5 Å². The number of aromatic nitrogens is 2. The van der Waals surface area contributed by atoms with Gasteiger partial charge in [0, 0.05) is 38.3 Å². The Morgan fingerprint density at radius 2 is 2.07 bits per heavy atom. The third-order valence-corrected chi connectivity index (χ3v) is 5.61. The molecule has 2 aliphatic rings. The molecule has 2 aromatic rings. The van der Waals surface area contributed by atoms with Gasteiger partial charge in [0.1, 0.15) is 16.6 Å². The Morgan fingerprint density at radius 3 is 2.75 bits per heavy atom. The maximum Gasteiger partial charge on any atom is 0.229 e. The fourth-order valence-electron chi connectivity index (χ4n) is 3.48. The van der Waals surface area contributed by atoms with Gasteiger partial charge in [0.25, 0.3) is 0 Å². The van der Waals surface area contributed by atoms with Crippen molar-refractivity contribution in [1.29, 1.82) is 0 Å². The number of halogens is 2. The van der Waals surface area contributed by atoms with E-state index in [-0.39, 0.29) is 23.8 Å². The summed E-state index contributed by atoms with van der Waals surface area (Å²) < 4.78 is 25.2. The van der Waals surface area contributed by atoms with E-state index in [9.17, 15) is 4.39 Å². The lowest BCUT2D eigenvalue weighted by Crippen LogP contribution is -2.55. The summed E-state index contributed by atoms with van der Waals surface area (Å²) >= 11 is 1.53. The number of benzene rings is 1. The molecule has 0 amide bonds. The molecule has 2 fully saturated rings. The molecule has 1 aromatic heterocycles. The molecule has 0 aliphatic carbocycles. The third-order valence-electron chi connectivity index (χ3n) is 4.99.